The largest absolute Gasteiger partial charge is 0.465 e. The molecular formula is C13H17NO3. The first kappa shape index (κ1) is 13.2. The van der Waals surface area contributed by atoms with Gasteiger partial charge in [0.25, 0.3) is 0 Å². The number of carbonyl (C=O) groups excluding carboxylic acids is 2. The van der Waals surface area contributed by atoms with Crippen molar-refractivity contribution in [2.75, 3.05) is 21.2 Å². The van der Waals surface area contributed by atoms with E-state index in [1.54, 1.807) is 37.2 Å². The SMILES string of the molecule is COC(=O)c1cccc(CCC(=O)N(C)C)c1. The summed E-state index contributed by atoms with van der Waals surface area (Å²) in [5.41, 5.74) is 1.48. The van der Waals surface area contributed by atoms with E-state index < -0.39 is 0 Å². The molecule has 0 radical (unpaired) electrons. The van der Waals surface area contributed by atoms with Gasteiger partial charge < -0.3 is 9.64 Å². The quantitative estimate of drug-likeness (QED) is 0.743. The Labute approximate surface area is 101 Å². The molecule has 0 aliphatic carbocycles. The molecule has 0 aromatic heterocycles. The highest BCUT2D eigenvalue weighted by Gasteiger charge is 2.07. The van der Waals surface area contributed by atoms with Crippen LogP contribution in [0.1, 0.15) is 22.3 Å². The molecule has 0 saturated heterocycles. The number of ether oxygens (including phenoxy) is 1. The highest BCUT2D eigenvalue weighted by atomic mass is 16.5. The van der Waals surface area contributed by atoms with Crippen LogP contribution >= 0.6 is 0 Å². The van der Waals surface area contributed by atoms with E-state index in [9.17, 15) is 9.59 Å². The van der Waals surface area contributed by atoms with Crippen LogP contribution in [0.15, 0.2) is 24.3 Å². The number of carbonyl (C=O) groups is 2. The minimum absolute atomic E-state index is 0.0773. The Kier molecular flexibility index (Phi) is 4.69. The van der Waals surface area contributed by atoms with Crippen LogP contribution in [-0.4, -0.2) is 38.0 Å². The van der Waals surface area contributed by atoms with Gasteiger partial charge in [-0.25, -0.2) is 4.79 Å². The van der Waals surface area contributed by atoms with Gasteiger partial charge in [-0.1, -0.05) is 12.1 Å². The number of methoxy groups -OCH3 is 1. The summed E-state index contributed by atoms with van der Waals surface area (Å²) in [7, 11) is 4.81. The maximum absolute atomic E-state index is 11.4. The van der Waals surface area contributed by atoms with Crippen LogP contribution in [0.5, 0.6) is 0 Å². The van der Waals surface area contributed by atoms with Gasteiger partial charge in [0.1, 0.15) is 0 Å². The van der Waals surface area contributed by atoms with Crippen molar-refractivity contribution in [2.24, 2.45) is 0 Å². The first-order valence-electron chi connectivity index (χ1n) is 5.42. The molecule has 0 atom stereocenters. The molecule has 4 nitrogen and oxygen atoms in total. The molecule has 0 aliphatic heterocycles. The maximum Gasteiger partial charge on any atom is 0.337 e. The summed E-state index contributed by atoms with van der Waals surface area (Å²) in [5, 5.41) is 0. The number of nitrogens with zero attached hydrogens (tertiary/aromatic N) is 1. The van der Waals surface area contributed by atoms with E-state index in [0.717, 1.165) is 5.56 Å². The Bertz CT molecular complexity index is 413. The number of rotatable bonds is 4. The summed E-state index contributed by atoms with van der Waals surface area (Å²) in [6.45, 7) is 0. The average molecular weight is 235 g/mol. The Balaban J connectivity index is 2.66. The molecule has 4 heteroatoms. The van der Waals surface area contributed by atoms with Gasteiger partial charge in [-0.2, -0.15) is 0 Å². The molecule has 0 N–H and O–H groups in total. The van der Waals surface area contributed by atoms with Crippen molar-refractivity contribution in [3.63, 3.8) is 0 Å². The van der Waals surface area contributed by atoms with Crippen molar-refractivity contribution in [2.45, 2.75) is 12.8 Å². The second-order valence-corrected chi connectivity index (χ2v) is 3.98. The van der Waals surface area contributed by atoms with Gasteiger partial charge in [0.05, 0.1) is 12.7 Å². The fourth-order valence-electron chi connectivity index (χ4n) is 1.45. The van der Waals surface area contributed by atoms with Crippen LogP contribution in [0, 0.1) is 0 Å². The van der Waals surface area contributed by atoms with Crippen molar-refractivity contribution < 1.29 is 14.3 Å². The van der Waals surface area contributed by atoms with Gasteiger partial charge in [-0.15, -0.1) is 0 Å². The van der Waals surface area contributed by atoms with E-state index in [2.05, 4.69) is 4.74 Å². The molecule has 0 unspecified atom stereocenters. The zero-order valence-electron chi connectivity index (χ0n) is 10.4. The lowest BCUT2D eigenvalue weighted by Gasteiger charge is -2.10. The standard InChI is InChI=1S/C13H17NO3/c1-14(2)12(15)8-7-10-5-4-6-11(9-10)13(16)17-3/h4-6,9H,7-8H2,1-3H3. The molecular weight excluding hydrogens is 218 g/mol. The molecule has 1 amide bonds. The number of hydrogen-bond acceptors (Lipinski definition) is 3. The lowest BCUT2D eigenvalue weighted by Crippen LogP contribution is -2.21. The van der Waals surface area contributed by atoms with Gasteiger partial charge >= 0.3 is 5.97 Å². The van der Waals surface area contributed by atoms with Crippen molar-refractivity contribution in [1.29, 1.82) is 0 Å². The van der Waals surface area contributed by atoms with Gasteiger partial charge in [0.15, 0.2) is 0 Å². The van der Waals surface area contributed by atoms with Gasteiger partial charge in [0, 0.05) is 20.5 Å². The maximum atomic E-state index is 11.4. The number of aryl methyl sites for hydroxylation is 1. The van der Waals surface area contributed by atoms with Gasteiger partial charge in [-0.3, -0.25) is 4.79 Å². The molecule has 1 aromatic rings. The summed E-state index contributed by atoms with van der Waals surface area (Å²) in [5.74, 6) is -0.278. The second-order valence-electron chi connectivity index (χ2n) is 3.98. The van der Waals surface area contributed by atoms with Crippen LogP contribution in [0.2, 0.25) is 0 Å². The first-order chi connectivity index (χ1) is 8.04. The highest BCUT2D eigenvalue weighted by Crippen LogP contribution is 2.09. The molecule has 1 aromatic carbocycles. The summed E-state index contributed by atoms with van der Waals surface area (Å²) >= 11 is 0. The second kappa shape index (κ2) is 6.03. The minimum atomic E-state index is -0.356. The van der Waals surface area contributed by atoms with Crippen LogP contribution in [-0.2, 0) is 16.0 Å². The monoisotopic (exact) mass is 235 g/mol. The van der Waals surface area contributed by atoms with Crippen LogP contribution in [0.4, 0.5) is 0 Å². The third-order valence-electron chi connectivity index (χ3n) is 2.47. The topological polar surface area (TPSA) is 46.6 Å². The molecule has 0 aliphatic rings. The Morgan fingerprint density at radius 2 is 2.00 bits per heavy atom. The molecule has 0 heterocycles. The normalized spacial score (nSPS) is 9.82. The van der Waals surface area contributed by atoms with E-state index in [0.29, 0.717) is 18.4 Å². The van der Waals surface area contributed by atoms with Crippen LogP contribution < -0.4 is 0 Å². The molecule has 0 bridgehead atoms. The first-order valence-corrected chi connectivity index (χ1v) is 5.42. The van der Waals surface area contributed by atoms with E-state index in [1.165, 1.54) is 7.11 Å². The van der Waals surface area contributed by atoms with E-state index in [4.69, 9.17) is 0 Å². The number of benzene rings is 1. The average Bonchev–Trinajstić information content (AvgIpc) is 2.35. The molecule has 0 fully saturated rings. The van der Waals surface area contributed by atoms with Crippen LogP contribution in [0.3, 0.4) is 0 Å². The Morgan fingerprint density at radius 1 is 1.29 bits per heavy atom. The van der Waals surface area contributed by atoms with Gasteiger partial charge in [-0.05, 0) is 24.1 Å². The lowest BCUT2D eigenvalue weighted by atomic mass is 10.1. The lowest BCUT2D eigenvalue weighted by molar-refractivity contribution is -0.128. The number of esters is 1. The number of hydrogen-bond donors (Lipinski definition) is 0. The summed E-state index contributed by atoms with van der Waals surface area (Å²) in [6.07, 6.45) is 1.07. The molecule has 17 heavy (non-hydrogen) atoms. The van der Waals surface area contributed by atoms with E-state index >= 15 is 0 Å². The van der Waals surface area contributed by atoms with Crippen LogP contribution in [0.25, 0.3) is 0 Å². The molecule has 0 saturated carbocycles. The zero-order chi connectivity index (χ0) is 12.8. The smallest absolute Gasteiger partial charge is 0.337 e. The predicted octanol–water partition coefficient (Wildman–Crippen LogP) is 1.49. The third kappa shape index (κ3) is 3.90. The summed E-state index contributed by atoms with van der Waals surface area (Å²) in [4.78, 5) is 24.3. The predicted molar refractivity (Wildman–Crippen MR) is 64.8 cm³/mol. The summed E-state index contributed by atoms with van der Waals surface area (Å²) < 4.78 is 4.64. The molecule has 0 spiro atoms. The molecule has 1 rings (SSSR count). The fourth-order valence-corrected chi connectivity index (χ4v) is 1.45. The van der Waals surface area contributed by atoms with Crippen molar-refractivity contribution in [3.8, 4) is 0 Å². The zero-order valence-corrected chi connectivity index (χ0v) is 10.4. The van der Waals surface area contributed by atoms with E-state index in [1.807, 2.05) is 6.07 Å². The number of amides is 1. The Morgan fingerprint density at radius 3 is 2.59 bits per heavy atom. The van der Waals surface area contributed by atoms with Crippen molar-refractivity contribution in [1.82, 2.24) is 4.90 Å². The van der Waals surface area contributed by atoms with Crippen molar-refractivity contribution >= 4 is 11.9 Å². The molecule has 92 valence electrons. The van der Waals surface area contributed by atoms with Crippen molar-refractivity contribution in [3.05, 3.63) is 35.4 Å². The fraction of sp³-hybridized carbons (Fsp3) is 0.385. The Hall–Kier alpha value is -1.84. The van der Waals surface area contributed by atoms with E-state index in [-0.39, 0.29) is 11.9 Å². The highest BCUT2D eigenvalue weighted by molar-refractivity contribution is 5.89. The third-order valence-corrected chi connectivity index (χ3v) is 2.47. The van der Waals surface area contributed by atoms with Gasteiger partial charge in [0.2, 0.25) is 5.91 Å². The summed E-state index contributed by atoms with van der Waals surface area (Å²) in [6, 6.07) is 7.15. The minimum Gasteiger partial charge on any atom is -0.465 e.